The van der Waals surface area contributed by atoms with Crippen LogP contribution in [0.25, 0.3) is 0 Å². The van der Waals surface area contributed by atoms with Crippen molar-refractivity contribution in [2.45, 2.75) is 58.7 Å². The van der Waals surface area contributed by atoms with Crippen molar-refractivity contribution in [1.29, 1.82) is 0 Å². The molecule has 1 aliphatic rings. The molecule has 0 radical (unpaired) electrons. The van der Waals surface area contributed by atoms with Crippen LogP contribution in [0, 0.1) is 0 Å². The van der Waals surface area contributed by atoms with Gasteiger partial charge in [-0.25, -0.2) is 0 Å². The molecule has 0 amide bonds. The Balaban J connectivity index is 0. The molecule has 100 valence electrons. The first-order valence-corrected chi connectivity index (χ1v) is 9.51. The smallest absolute Gasteiger partial charge is 0.186 e. The third kappa shape index (κ3) is 16.5. The summed E-state index contributed by atoms with van der Waals surface area (Å²) in [7, 11) is -1.09. The molecular formula is C12H30O3Si. The molecule has 0 aromatic heterocycles. The fraction of sp³-hybridized carbons (Fsp3) is 1.00. The maximum absolute atomic E-state index is 7.88. The van der Waals surface area contributed by atoms with Gasteiger partial charge in [-0.1, -0.05) is 20.3 Å². The Morgan fingerprint density at radius 1 is 1.00 bits per heavy atom. The molecule has 0 aliphatic carbocycles. The topological polar surface area (TPSA) is 49.7 Å². The molecule has 0 atom stereocenters. The van der Waals surface area contributed by atoms with Gasteiger partial charge in [0, 0.05) is 19.8 Å². The Bertz CT molecular complexity index is 113. The molecule has 1 rings (SSSR count). The van der Waals surface area contributed by atoms with Crippen LogP contribution in [0.1, 0.15) is 39.5 Å². The number of aliphatic hydroxyl groups is 2. The van der Waals surface area contributed by atoms with E-state index in [-0.39, 0.29) is 0 Å². The highest BCUT2D eigenvalue weighted by molar-refractivity contribution is 6.71. The van der Waals surface area contributed by atoms with Gasteiger partial charge >= 0.3 is 0 Å². The maximum Gasteiger partial charge on any atom is 0.186 e. The molecule has 0 saturated carbocycles. The fourth-order valence-electron chi connectivity index (χ4n) is 1.07. The molecule has 0 spiro atoms. The molecule has 3 nitrogen and oxygen atoms in total. The van der Waals surface area contributed by atoms with Gasteiger partial charge in [-0.05, 0) is 38.4 Å². The first-order chi connectivity index (χ1) is 7.54. The van der Waals surface area contributed by atoms with Crippen LogP contribution in [0.3, 0.4) is 0 Å². The van der Waals surface area contributed by atoms with Gasteiger partial charge in [0.25, 0.3) is 0 Å². The summed E-state index contributed by atoms with van der Waals surface area (Å²) < 4.78 is 5.60. The van der Waals surface area contributed by atoms with Crippen LogP contribution in [0.2, 0.25) is 19.1 Å². The van der Waals surface area contributed by atoms with E-state index in [1.54, 1.807) is 0 Å². The van der Waals surface area contributed by atoms with Gasteiger partial charge in [0.1, 0.15) is 0 Å². The van der Waals surface area contributed by atoms with Crippen molar-refractivity contribution in [3.63, 3.8) is 0 Å². The summed E-state index contributed by atoms with van der Waals surface area (Å²) in [6.45, 7) is 10.1. The molecule has 1 fully saturated rings. The van der Waals surface area contributed by atoms with Gasteiger partial charge in [0.05, 0.1) is 0 Å². The summed E-state index contributed by atoms with van der Waals surface area (Å²) in [5, 5.41) is 15.8. The van der Waals surface area contributed by atoms with E-state index in [1.165, 1.54) is 18.9 Å². The van der Waals surface area contributed by atoms with Crippen LogP contribution >= 0.6 is 0 Å². The minimum atomic E-state index is -1.09. The van der Waals surface area contributed by atoms with E-state index >= 15 is 0 Å². The lowest BCUT2D eigenvalue weighted by molar-refractivity contribution is 0.275. The first kappa shape index (κ1) is 18.5. The van der Waals surface area contributed by atoms with Crippen molar-refractivity contribution >= 4 is 8.32 Å². The normalized spacial score (nSPS) is 17.6. The Hall–Kier alpha value is 0.0969. The summed E-state index contributed by atoms with van der Waals surface area (Å²) in [5.41, 5.74) is 0. The van der Waals surface area contributed by atoms with Gasteiger partial charge in [-0.2, -0.15) is 0 Å². The van der Waals surface area contributed by atoms with Crippen molar-refractivity contribution in [2.75, 3.05) is 19.8 Å². The molecule has 0 aromatic rings. The highest BCUT2D eigenvalue weighted by atomic mass is 28.4. The number of rotatable bonds is 2. The standard InChI is InChI=1S/C6H14OSi.2C3H8O/c1-8(2)6-4-3-5-7-8;2*1-2-3-4/h3-6H2,1-2H3;2*4H,2-3H2,1H3. The second-order valence-corrected chi connectivity index (χ2v) is 8.82. The minimum Gasteiger partial charge on any atom is -0.417 e. The molecule has 0 unspecified atom stereocenters. The molecule has 0 bridgehead atoms. The van der Waals surface area contributed by atoms with Crippen LogP contribution in [0.5, 0.6) is 0 Å². The Morgan fingerprint density at radius 3 is 1.56 bits per heavy atom. The fourth-order valence-corrected chi connectivity index (χ4v) is 3.02. The van der Waals surface area contributed by atoms with E-state index in [0.29, 0.717) is 13.2 Å². The lowest BCUT2D eigenvalue weighted by atomic mass is 10.4. The molecule has 1 saturated heterocycles. The molecule has 1 heterocycles. The maximum atomic E-state index is 7.88. The average Bonchev–Trinajstić information content (AvgIpc) is 2.29. The SMILES string of the molecule is CCCO.CCCO.C[Si]1(C)CCCCO1. The van der Waals surface area contributed by atoms with E-state index in [4.69, 9.17) is 14.6 Å². The number of hydrogen-bond donors (Lipinski definition) is 2. The van der Waals surface area contributed by atoms with E-state index in [9.17, 15) is 0 Å². The summed E-state index contributed by atoms with van der Waals surface area (Å²) in [5.74, 6) is 0. The summed E-state index contributed by atoms with van der Waals surface area (Å²) in [4.78, 5) is 0. The van der Waals surface area contributed by atoms with E-state index < -0.39 is 8.32 Å². The van der Waals surface area contributed by atoms with Gasteiger partial charge in [0.2, 0.25) is 0 Å². The third-order valence-electron chi connectivity index (χ3n) is 2.11. The molecule has 1 aliphatic heterocycles. The zero-order valence-electron chi connectivity index (χ0n) is 11.5. The summed E-state index contributed by atoms with van der Waals surface area (Å²) >= 11 is 0. The molecule has 2 N–H and O–H groups in total. The van der Waals surface area contributed by atoms with E-state index in [1.807, 2.05) is 13.8 Å². The zero-order valence-corrected chi connectivity index (χ0v) is 12.5. The van der Waals surface area contributed by atoms with Crippen molar-refractivity contribution in [1.82, 2.24) is 0 Å². The first-order valence-electron chi connectivity index (χ1n) is 6.39. The molecule has 16 heavy (non-hydrogen) atoms. The number of hydrogen-bond acceptors (Lipinski definition) is 3. The average molecular weight is 250 g/mol. The largest absolute Gasteiger partial charge is 0.417 e. The lowest BCUT2D eigenvalue weighted by Gasteiger charge is -2.27. The van der Waals surface area contributed by atoms with Crippen LogP contribution in [-0.2, 0) is 4.43 Å². The Morgan fingerprint density at radius 2 is 1.44 bits per heavy atom. The third-order valence-corrected chi connectivity index (χ3v) is 4.66. The summed E-state index contributed by atoms with van der Waals surface area (Å²) in [6, 6.07) is 1.37. The van der Waals surface area contributed by atoms with Crippen LogP contribution in [-0.4, -0.2) is 38.4 Å². The Kier molecular flexibility index (Phi) is 15.2. The number of aliphatic hydroxyl groups excluding tert-OH is 2. The van der Waals surface area contributed by atoms with Crippen LogP contribution in [0.4, 0.5) is 0 Å². The van der Waals surface area contributed by atoms with Gasteiger partial charge in [-0.15, -0.1) is 0 Å². The van der Waals surface area contributed by atoms with Crippen molar-refractivity contribution in [3.8, 4) is 0 Å². The monoisotopic (exact) mass is 250 g/mol. The van der Waals surface area contributed by atoms with Crippen LogP contribution < -0.4 is 0 Å². The lowest BCUT2D eigenvalue weighted by Crippen LogP contribution is -2.33. The zero-order chi connectivity index (χ0) is 12.9. The molecule has 4 heteroatoms. The minimum absolute atomic E-state index is 0.319. The quantitative estimate of drug-likeness (QED) is 0.741. The predicted octanol–water partition coefficient (Wildman–Crippen LogP) is 2.78. The highest BCUT2D eigenvalue weighted by Gasteiger charge is 2.24. The van der Waals surface area contributed by atoms with Crippen LogP contribution in [0.15, 0.2) is 0 Å². The summed E-state index contributed by atoms with van der Waals surface area (Å²) in [6.07, 6.45) is 4.44. The molecule has 0 aromatic carbocycles. The van der Waals surface area contributed by atoms with Crippen molar-refractivity contribution in [2.24, 2.45) is 0 Å². The Labute approximate surface area is 102 Å². The van der Waals surface area contributed by atoms with Gasteiger partial charge in [0.15, 0.2) is 8.32 Å². The second-order valence-electron chi connectivity index (χ2n) is 4.51. The molecular weight excluding hydrogens is 220 g/mol. The highest BCUT2D eigenvalue weighted by Crippen LogP contribution is 2.20. The van der Waals surface area contributed by atoms with E-state index in [2.05, 4.69) is 13.1 Å². The van der Waals surface area contributed by atoms with Crippen molar-refractivity contribution in [3.05, 3.63) is 0 Å². The van der Waals surface area contributed by atoms with Crippen molar-refractivity contribution < 1.29 is 14.6 Å². The second kappa shape index (κ2) is 13.2. The van der Waals surface area contributed by atoms with Gasteiger partial charge < -0.3 is 14.6 Å². The van der Waals surface area contributed by atoms with Gasteiger partial charge in [-0.3, -0.25) is 0 Å². The predicted molar refractivity (Wildman–Crippen MR) is 72.2 cm³/mol. The van der Waals surface area contributed by atoms with E-state index in [0.717, 1.165) is 19.4 Å².